The Kier molecular flexibility index (Phi) is 3.06. The van der Waals surface area contributed by atoms with Crippen molar-refractivity contribution in [2.24, 2.45) is 0 Å². The first-order chi connectivity index (χ1) is 7.63. The number of aromatic nitrogens is 2. The molecule has 0 unspecified atom stereocenters. The molecule has 0 N–H and O–H groups in total. The predicted molar refractivity (Wildman–Crippen MR) is 70.5 cm³/mol. The second-order valence-electron chi connectivity index (χ2n) is 4.12. The van der Waals surface area contributed by atoms with E-state index in [2.05, 4.69) is 56.7 Å². The van der Waals surface area contributed by atoms with E-state index in [1.54, 1.807) is 0 Å². The molecule has 0 aliphatic heterocycles. The highest BCUT2D eigenvalue weighted by molar-refractivity contribution is 7.79. The van der Waals surface area contributed by atoms with Crippen molar-refractivity contribution in [3.05, 3.63) is 46.8 Å². The normalized spacial score (nSPS) is 10.8. The molecule has 0 fully saturated rings. The SMILES string of the molecule is Cc1ccc(C)c(-n2ncc(CS)c2C)c1. The van der Waals surface area contributed by atoms with Crippen molar-refractivity contribution < 1.29 is 0 Å². The Morgan fingerprint density at radius 3 is 2.62 bits per heavy atom. The molecule has 0 saturated carbocycles. The fourth-order valence-corrected chi connectivity index (χ4v) is 2.10. The van der Waals surface area contributed by atoms with Gasteiger partial charge < -0.3 is 0 Å². The minimum Gasteiger partial charge on any atom is -0.238 e. The molecule has 0 atom stereocenters. The number of rotatable bonds is 2. The molecule has 2 nitrogen and oxygen atoms in total. The first kappa shape index (κ1) is 11.3. The number of aryl methyl sites for hydroxylation is 2. The molecule has 1 aromatic heterocycles. The molecule has 2 rings (SSSR count). The lowest BCUT2D eigenvalue weighted by atomic mass is 10.1. The van der Waals surface area contributed by atoms with Crippen molar-refractivity contribution in [1.29, 1.82) is 0 Å². The van der Waals surface area contributed by atoms with E-state index >= 15 is 0 Å². The number of benzene rings is 1. The third kappa shape index (κ3) is 1.87. The second kappa shape index (κ2) is 4.34. The van der Waals surface area contributed by atoms with Gasteiger partial charge in [0.15, 0.2) is 0 Å². The summed E-state index contributed by atoms with van der Waals surface area (Å²) < 4.78 is 1.99. The summed E-state index contributed by atoms with van der Waals surface area (Å²) in [5.74, 6) is 0.733. The standard InChI is InChI=1S/C13H16N2S/c1-9-4-5-10(2)13(6-9)15-11(3)12(8-16)7-14-15/h4-7,16H,8H2,1-3H3. The molecule has 0 aliphatic rings. The Bertz CT molecular complexity index is 515. The van der Waals surface area contributed by atoms with Crippen molar-refractivity contribution >= 4 is 12.6 Å². The Hall–Kier alpha value is -1.22. The van der Waals surface area contributed by atoms with Gasteiger partial charge in [0, 0.05) is 17.0 Å². The summed E-state index contributed by atoms with van der Waals surface area (Å²) in [5.41, 5.74) is 6.00. The Morgan fingerprint density at radius 2 is 2.00 bits per heavy atom. The molecule has 84 valence electrons. The van der Waals surface area contributed by atoms with Crippen molar-refractivity contribution in [1.82, 2.24) is 9.78 Å². The van der Waals surface area contributed by atoms with Gasteiger partial charge in [0.05, 0.1) is 11.9 Å². The molecular formula is C13H16N2S. The third-order valence-electron chi connectivity index (χ3n) is 2.87. The van der Waals surface area contributed by atoms with Gasteiger partial charge in [-0.2, -0.15) is 17.7 Å². The van der Waals surface area contributed by atoms with Crippen LogP contribution in [0.4, 0.5) is 0 Å². The molecule has 0 amide bonds. The van der Waals surface area contributed by atoms with Crippen LogP contribution in [0.1, 0.15) is 22.4 Å². The zero-order chi connectivity index (χ0) is 11.7. The summed E-state index contributed by atoms with van der Waals surface area (Å²) in [5, 5.41) is 4.43. The van der Waals surface area contributed by atoms with Gasteiger partial charge >= 0.3 is 0 Å². The molecule has 0 bridgehead atoms. The molecule has 3 heteroatoms. The van der Waals surface area contributed by atoms with Gasteiger partial charge in [-0.25, -0.2) is 4.68 Å². The zero-order valence-electron chi connectivity index (χ0n) is 9.86. The van der Waals surface area contributed by atoms with Gasteiger partial charge in [-0.15, -0.1) is 0 Å². The predicted octanol–water partition coefficient (Wildman–Crippen LogP) is 3.23. The van der Waals surface area contributed by atoms with Gasteiger partial charge in [-0.05, 0) is 38.0 Å². The van der Waals surface area contributed by atoms with E-state index in [-0.39, 0.29) is 0 Å². The van der Waals surface area contributed by atoms with Crippen LogP contribution in [0, 0.1) is 20.8 Å². The van der Waals surface area contributed by atoms with Crippen molar-refractivity contribution in [2.75, 3.05) is 0 Å². The fraction of sp³-hybridized carbons (Fsp3) is 0.308. The highest BCUT2D eigenvalue weighted by Crippen LogP contribution is 2.19. The first-order valence-electron chi connectivity index (χ1n) is 5.35. The Morgan fingerprint density at radius 1 is 1.25 bits per heavy atom. The summed E-state index contributed by atoms with van der Waals surface area (Å²) in [6.07, 6.45) is 1.89. The number of hydrogen-bond acceptors (Lipinski definition) is 2. The maximum atomic E-state index is 4.43. The van der Waals surface area contributed by atoms with Crippen LogP contribution >= 0.6 is 12.6 Å². The maximum absolute atomic E-state index is 4.43. The zero-order valence-corrected chi connectivity index (χ0v) is 10.8. The summed E-state index contributed by atoms with van der Waals surface area (Å²) in [6, 6.07) is 6.42. The van der Waals surface area contributed by atoms with Crippen LogP contribution in [0.25, 0.3) is 5.69 Å². The van der Waals surface area contributed by atoms with E-state index in [9.17, 15) is 0 Å². The van der Waals surface area contributed by atoms with Crippen LogP contribution in [-0.2, 0) is 5.75 Å². The highest BCUT2D eigenvalue weighted by Gasteiger charge is 2.08. The topological polar surface area (TPSA) is 17.8 Å². The summed E-state index contributed by atoms with van der Waals surface area (Å²) in [7, 11) is 0. The summed E-state index contributed by atoms with van der Waals surface area (Å²) in [6.45, 7) is 6.29. The van der Waals surface area contributed by atoms with Crippen molar-refractivity contribution in [3.8, 4) is 5.69 Å². The average Bonchev–Trinajstić information content (AvgIpc) is 2.63. The van der Waals surface area contributed by atoms with Gasteiger partial charge in [0.1, 0.15) is 0 Å². The van der Waals surface area contributed by atoms with Crippen molar-refractivity contribution in [2.45, 2.75) is 26.5 Å². The summed E-state index contributed by atoms with van der Waals surface area (Å²) in [4.78, 5) is 0. The van der Waals surface area contributed by atoms with E-state index in [0.29, 0.717) is 0 Å². The average molecular weight is 232 g/mol. The van der Waals surface area contributed by atoms with Crippen molar-refractivity contribution in [3.63, 3.8) is 0 Å². The Labute approximate surface area is 102 Å². The van der Waals surface area contributed by atoms with E-state index < -0.39 is 0 Å². The van der Waals surface area contributed by atoms with Crippen LogP contribution in [0.3, 0.4) is 0 Å². The third-order valence-corrected chi connectivity index (χ3v) is 3.22. The van der Waals surface area contributed by atoms with Gasteiger partial charge in [0.25, 0.3) is 0 Å². The molecular weight excluding hydrogens is 216 g/mol. The molecule has 0 saturated heterocycles. The first-order valence-corrected chi connectivity index (χ1v) is 5.98. The monoisotopic (exact) mass is 232 g/mol. The lowest BCUT2D eigenvalue weighted by molar-refractivity contribution is 0.837. The van der Waals surface area contributed by atoms with E-state index in [4.69, 9.17) is 0 Å². The second-order valence-corrected chi connectivity index (χ2v) is 4.43. The molecule has 0 radical (unpaired) electrons. The Balaban J connectivity index is 2.58. The molecule has 16 heavy (non-hydrogen) atoms. The van der Waals surface area contributed by atoms with Crippen LogP contribution in [0.15, 0.2) is 24.4 Å². The van der Waals surface area contributed by atoms with E-state index in [0.717, 1.165) is 11.4 Å². The van der Waals surface area contributed by atoms with E-state index in [1.165, 1.54) is 22.4 Å². The molecule has 2 aromatic rings. The van der Waals surface area contributed by atoms with Crippen LogP contribution in [0.5, 0.6) is 0 Å². The molecule has 1 heterocycles. The number of thiol groups is 1. The van der Waals surface area contributed by atoms with Gasteiger partial charge in [0.2, 0.25) is 0 Å². The van der Waals surface area contributed by atoms with Gasteiger partial charge in [-0.1, -0.05) is 12.1 Å². The highest BCUT2D eigenvalue weighted by atomic mass is 32.1. The smallest absolute Gasteiger partial charge is 0.0680 e. The van der Waals surface area contributed by atoms with Crippen LogP contribution < -0.4 is 0 Å². The lowest BCUT2D eigenvalue weighted by Crippen LogP contribution is -2.02. The number of nitrogens with zero attached hydrogens (tertiary/aromatic N) is 2. The minimum atomic E-state index is 0.733. The quantitative estimate of drug-likeness (QED) is 0.787. The molecule has 0 aliphatic carbocycles. The largest absolute Gasteiger partial charge is 0.238 e. The molecule has 0 spiro atoms. The maximum Gasteiger partial charge on any atom is 0.0680 e. The molecule has 1 aromatic carbocycles. The minimum absolute atomic E-state index is 0.733. The van der Waals surface area contributed by atoms with Gasteiger partial charge in [-0.3, -0.25) is 0 Å². The van der Waals surface area contributed by atoms with Crippen LogP contribution in [0.2, 0.25) is 0 Å². The lowest BCUT2D eigenvalue weighted by Gasteiger charge is -2.09. The van der Waals surface area contributed by atoms with Crippen LogP contribution in [-0.4, -0.2) is 9.78 Å². The van der Waals surface area contributed by atoms with E-state index in [1.807, 2.05) is 10.9 Å². The number of hydrogen-bond donors (Lipinski definition) is 1. The summed E-state index contributed by atoms with van der Waals surface area (Å²) >= 11 is 4.30. The fourth-order valence-electron chi connectivity index (χ4n) is 1.79.